The molecule has 30 heavy (non-hydrogen) atoms. The van der Waals surface area contributed by atoms with E-state index in [0.29, 0.717) is 16.1 Å². The summed E-state index contributed by atoms with van der Waals surface area (Å²) in [6.45, 7) is 4.42. The Morgan fingerprint density at radius 2 is 1.97 bits per heavy atom. The topological polar surface area (TPSA) is 67.3 Å². The number of aromatic nitrogens is 2. The molecule has 158 valence electrons. The third-order valence-corrected chi connectivity index (χ3v) is 6.44. The van der Waals surface area contributed by atoms with E-state index >= 15 is 0 Å². The molecule has 0 aliphatic carbocycles. The van der Waals surface area contributed by atoms with Gasteiger partial charge in [0.1, 0.15) is 11.6 Å². The van der Waals surface area contributed by atoms with Gasteiger partial charge in [0.05, 0.1) is 24.1 Å². The molecule has 0 saturated heterocycles. The second kappa shape index (κ2) is 10.4. The van der Waals surface area contributed by atoms with E-state index in [4.69, 9.17) is 4.74 Å². The third kappa shape index (κ3) is 5.70. The molecule has 0 aliphatic rings. The maximum atomic E-state index is 13.1. The fourth-order valence-corrected chi connectivity index (χ4v) is 4.38. The summed E-state index contributed by atoms with van der Waals surface area (Å²) in [4.78, 5) is 14.2. The summed E-state index contributed by atoms with van der Waals surface area (Å²) >= 11 is 2.72. The van der Waals surface area contributed by atoms with E-state index in [9.17, 15) is 9.18 Å². The number of benzene rings is 2. The summed E-state index contributed by atoms with van der Waals surface area (Å²) in [5, 5.41) is 12.1. The van der Waals surface area contributed by atoms with Gasteiger partial charge in [0.15, 0.2) is 4.34 Å². The molecule has 1 heterocycles. The summed E-state index contributed by atoms with van der Waals surface area (Å²) in [5.41, 5.74) is 1.70. The number of halogens is 1. The maximum absolute atomic E-state index is 13.1. The summed E-state index contributed by atoms with van der Waals surface area (Å²) in [7, 11) is 1.74. The van der Waals surface area contributed by atoms with E-state index in [-0.39, 0.29) is 23.5 Å². The first-order valence-corrected chi connectivity index (χ1v) is 11.2. The number of hydrogen-bond donors (Lipinski definition) is 1. The summed E-state index contributed by atoms with van der Waals surface area (Å²) < 4.78 is 19.4. The van der Waals surface area contributed by atoms with Crippen molar-refractivity contribution in [3.05, 3.63) is 59.9 Å². The van der Waals surface area contributed by atoms with Crippen molar-refractivity contribution < 1.29 is 13.9 Å². The Hall–Kier alpha value is -2.65. The van der Waals surface area contributed by atoms with Crippen molar-refractivity contribution in [1.29, 1.82) is 0 Å². The number of rotatable bonds is 9. The predicted octanol–water partition coefficient (Wildman–Crippen LogP) is 5.13. The Balaban J connectivity index is 1.56. The molecular formula is C21H23FN4O2S2. The number of amides is 1. The number of hydrogen-bond acceptors (Lipinski definition) is 7. The second-order valence-corrected chi connectivity index (χ2v) is 8.65. The maximum Gasteiger partial charge on any atom is 0.233 e. The van der Waals surface area contributed by atoms with Gasteiger partial charge in [-0.3, -0.25) is 4.79 Å². The largest absolute Gasteiger partial charge is 0.492 e. The van der Waals surface area contributed by atoms with Crippen molar-refractivity contribution >= 4 is 39.8 Å². The molecule has 0 fully saturated rings. The molecule has 1 unspecified atom stereocenters. The Morgan fingerprint density at radius 1 is 1.23 bits per heavy atom. The van der Waals surface area contributed by atoms with Gasteiger partial charge < -0.3 is 15.0 Å². The highest BCUT2D eigenvalue weighted by atomic mass is 32.2. The van der Waals surface area contributed by atoms with Gasteiger partial charge in [-0.25, -0.2) is 4.39 Å². The van der Waals surface area contributed by atoms with Gasteiger partial charge in [-0.15, -0.1) is 10.2 Å². The number of carbonyl (C=O) groups is 1. The Bertz CT molecular complexity index is 981. The van der Waals surface area contributed by atoms with E-state index in [2.05, 4.69) is 15.5 Å². The molecule has 1 atom stereocenters. The highest BCUT2D eigenvalue weighted by Gasteiger charge is 2.18. The van der Waals surface area contributed by atoms with Crippen LogP contribution in [0.1, 0.15) is 25.5 Å². The van der Waals surface area contributed by atoms with Crippen molar-refractivity contribution in [2.45, 2.75) is 24.2 Å². The minimum absolute atomic E-state index is 0.0387. The first-order chi connectivity index (χ1) is 14.5. The smallest absolute Gasteiger partial charge is 0.233 e. The number of anilines is 2. The minimum Gasteiger partial charge on any atom is -0.492 e. The van der Waals surface area contributed by atoms with Crippen molar-refractivity contribution in [2.75, 3.05) is 24.7 Å². The molecule has 1 N–H and O–H groups in total. The van der Waals surface area contributed by atoms with Crippen LogP contribution in [0.5, 0.6) is 5.75 Å². The standard InChI is InChI=1S/C21H23FN4O2S2/c1-4-28-18-8-6-5-7-17(18)23-20-24-25-21(30-20)29-13-19(27)26(3)14(2)15-9-11-16(22)12-10-15/h5-12,14H,4,13H2,1-3H3,(H,23,24). The number of nitrogens with zero attached hydrogens (tertiary/aromatic N) is 3. The average molecular weight is 447 g/mol. The molecule has 0 saturated carbocycles. The van der Waals surface area contributed by atoms with Gasteiger partial charge >= 0.3 is 0 Å². The lowest BCUT2D eigenvalue weighted by Crippen LogP contribution is -2.31. The molecule has 3 aromatic rings. The molecule has 0 spiro atoms. The monoisotopic (exact) mass is 446 g/mol. The molecule has 3 rings (SSSR count). The lowest BCUT2D eigenvalue weighted by atomic mass is 10.1. The van der Waals surface area contributed by atoms with Crippen LogP contribution in [0.4, 0.5) is 15.2 Å². The van der Waals surface area contributed by atoms with Crippen molar-refractivity contribution in [3.8, 4) is 5.75 Å². The van der Waals surface area contributed by atoms with Crippen LogP contribution in [0.2, 0.25) is 0 Å². The SMILES string of the molecule is CCOc1ccccc1Nc1nnc(SCC(=O)N(C)C(C)c2ccc(F)cc2)s1. The first-order valence-electron chi connectivity index (χ1n) is 9.44. The van der Waals surface area contributed by atoms with Crippen LogP contribution < -0.4 is 10.1 Å². The van der Waals surface area contributed by atoms with Crippen LogP contribution in [-0.2, 0) is 4.79 Å². The highest BCUT2D eigenvalue weighted by molar-refractivity contribution is 8.01. The molecule has 1 amide bonds. The van der Waals surface area contributed by atoms with Crippen molar-refractivity contribution in [1.82, 2.24) is 15.1 Å². The van der Waals surface area contributed by atoms with Crippen molar-refractivity contribution in [2.24, 2.45) is 0 Å². The first kappa shape index (κ1) is 22.0. The van der Waals surface area contributed by atoms with Gasteiger partial charge in [0.25, 0.3) is 0 Å². The van der Waals surface area contributed by atoms with Gasteiger partial charge in [0.2, 0.25) is 11.0 Å². The van der Waals surface area contributed by atoms with Crippen molar-refractivity contribution in [3.63, 3.8) is 0 Å². The molecule has 0 aliphatic heterocycles. The molecule has 0 bridgehead atoms. The van der Waals surface area contributed by atoms with Crippen LogP contribution in [0.15, 0.2) is 52.9 Å². The zero-order valence-corrected chi connectivity index (χ0v) is 18.6. The van der Waals surface area contributed by atoms with Crippen LogP contribution in [-0.4, -0.2) is 40.4 Å². The fourth-order valence-electron chi connectivity index (χ4n) is 2.69. The van der Waals surface area contributed by atoms with Crippen LogP contribution in [0, 0.1) is 5.82 Å². The van der Waals surface area contributed by atoms with Gasteiger partial charge in [-0.2, -0.15) is 0 Å². The normalized spacial score (nSPS) is 11.7. The van der Waals surface area contributed by atoms with E-state index in [1.807, 2.05) is 38.1 Å². The van der Waals surface area contributed by atoms with E-state index < -0.39 is 0 Å². The molecule has 6 nitrogen and oxygen atoms in total. The second-order valence-electron chi connectivity index (χ2n) is 6.45. The zero-order chi connectivity index (χ0) is 21.5. The third-order valence-electron chi connectivity index (χ3n) is 4.48. The average Bonchev–Trinajstić information content (AvgIpc) is 3.20. The zero-order valence-electron chi connectivity index (χ0n) is 17.0. The number of carbonyl (C=O) groups excluding carboxylic acids is 1. The Morgan fingerprint density at radius 3 is 2.70 bits per heavy atom. The molecule has 2 aromatic carbocycles. The Labute approximate surface area is 183 Å². The van der Waals surface area contributed by atoms with Gasteiger partial charge in [0, 0.05) is 7.05 Å². The number of nitrogens with one attached hydrogen (secondary N) is 1. The summed E-state index contributed by atoms with van der Waals surface area (Å²) in [6.07, 6.45) is 0. The minimum atomic E-state index is -0.292. The number of thioether (sulfide) groups is 1. The highest BCUT2D eigenvalue weighted by Crippen LogP contribution is 2.32. The lowest BCUT2D eigenvalue weighted by molar-refractivity contribution is -0.128. The molecule has 9 heteroatoms. The number of ether oxygens (including phenoxy) is 1. The summed E-state index contributed by atoms with van der Waals surface area (Å²) in [5.74, 6) is 0.658. The quantitative estimate of drug-likeness (QED) is 0.460. The van der Waals surface area contributed by atoms with E-state index in [1.165, 1.54) is 35.2 Å². The molecule has 1 aromatic heterocycles. The van der Waals surface area contributed by atoms with Crippen LogP contribution in [0.3, 0.4) is 0 Å². The molecular weight excluding hydrogens is 423 g/mol. The molecule has 0 radical (unpaired) electrons. The van der Waals surface area contributed by atoms with Gasteiger partial charge in [-0.1, -0.05) is 47.4 Å². The van der Waals surface area contributed by atoms with E-state index in [0.717, 1.165) is 17.0 Å². The Kier molecular flexibility index (Phi) is 7.64. The van der Waals surface area contributed by atoms with Crippen LogP contribution >= 0.6 is 23.1 Å². The summed E-state index contributed by atoms with van der Waals surface area (Å²) in [6, 6.07) is 13.7. The van der Waals surface area contributed by atoms with Crippen LogP contribution in [0.25, 0.3) is 0 Å². The fraction of sp³-hybridized carbons (Fsp3) is 0.286. The lowest BCUT2D eigenvalue weighted by Gasteiger charge is -2.25. The number of para-hydroxylation sites is 2. The van der Waals surface area contributed by atoms with E-state index in [1.54, 1.807) is 24.1 Å². The predicted molar refractivity (Wildman–Crippen MR) is 119 cm³/mol. The van der Waals surface area contributed by atoms with Gasteiger partial charge in [-0.05, 0) is 43.7 Å².